The Balaban J connectivity index is 2.25. The molecule has 0 bridgehead atoms. The van der Waals surface area contributed by atoms with E-state index >= 15 is 0 Å². The van der Waals surface area contributed by atoms with E-state index in [1.165, 1.54) is 43.4 Å². The molecule has 0 spiro atoms. The fourth-order valence-electron chi connectivity index (χ4n) is 1.93. The molecule has 2 rings (SSSR count). The van der Waals surface area contributed by atoms with E-state index in [1.807, 2.05) is 0 Å². The molecule has 0 aromatic heterocycles. The standard InChI is InChI=1S/C15H15N3O5S/c1-17(24(2,22)23)13-7-3-5-11(9-13)15(19)16-12-6-4-8-14(10-12)18(20)21/h3-10H,1-2H3,(H,16,19). The van der Waals surface area contributed by atoms with Crippen molar-refractivity contribution in [3.63, 3.8) is 0 Å². The number of sulfonamides is 1. The molecular weight excluding hydrogens is 334 g/mol. The summed E-state index contributed by atoms with van der Waals surface area (Å²) in [5.74, 6) is -0.501. The summed E-state index contributed by atoms with van der Waals surface area (Å²) < 4.78 is 24.2. The predicted octanol–water partition coefficient (Wildman–Crippen LogP) is 2.24. The lowest BCUT2D eigenvalue weighted by Crippen LogP contribution is -2.25. The summed E-state index contributed by atoms with van der Waals surface area (Å²) in [5.41, 5.74) is 0.702. The molecule has 126 valence electrons. The van der Waals surface area contributed by atoms with Crippen LogP contribution < -0.4 is 9.62 Å². The minimum Gasteiger partial charge on any atom is -0.322 e. The molecule has 0 unspecified atom stereocenters. The van der Waals surface area contributed by atoms with Gasteiger partial charge in [0.1, 0.15) is 0 Å². The third-order valence-corrected chi connectivity index (χ3v) is 4.49. The SMILES string of the molecule is CN(c1cccc(C(=O)Nc2cccc([N+](=O)[O-])c2)c1)S(C)(=O)=O. The van der Waals surface area contributed by atoms with Gasteiger partial charge in [0.15, 0.2) is 0 Å². The zero-order valence-electron chi connectivity index (χ0n) is 13.0. The number of hydrogen-bond donors (Lipinski definition) is 1. The highest BCUT2D eigenvalue weighted by atomic mass is 32.2. The summed E-state index contributed by atoms with van der Waals surface area (Å²) in [4.78, 5) is 22.5. The molecule has 0 saturated carbocycles. The average Bonchev–Trinajstić information content (AvgIpc) is 2.53. The molecule has 0 fully saturated rings. The molecule has 0 aliphatic carbocycles. The topological polar surface area (TPSA) is 110 Å². The Morgan fingerprint density at radius 3 is 2.46 bits per heavy atom. The smallest absolute Gasteiger partial charge is 0.271 e. The van der Waals surface area contributed by atoms with Gasteiger partial charge in [0.25, 0.3) is 11.6 Å². The summed E-state index contributed by atoms with van der Waals surface area (Å²) in [7, 11) is -2.06. The van der Waals surface area contributed by atoms with E-state index in [4.69, 9.17) is 0 Å². The number of carbonyl (C=O) groups is 1. The van der Waals surface area contributed by atoms with Gasteiger partial charge in [0, 0.05) is 30.4 Å². The molecule has 9 heteroatoms. The fraction of sp³-hybridized carbons (Fsp3) is 0.133. The molecule has 0 saturated heterocycles. The van der Waals surface area contributed by atoms with Gasteiger partial charge in [-0.05, 0) is 24.3 Å². The fourth-order valence-corrected chi connectivity index (χ4v) is 2.43. The van der Waals surface area contributed by atoms with Crippen LogP contribution >= 0.6 is 0 Å². The Kier molecular flexibility index (Phi) is 4.84. The number of nitrogens with zero attached hydrogens (tertiary/aromatic N) is 2. The van der Waals surface area contributed by atoms with Crippen LogP contribution in [0.1, 0.15) is 10.4 Å². The van der Waals surface area contributed by atoms with Crippen molar-refractivity contribution >= 4 is 33.0 Å². The van der Waals surface area contributed by atoms with Crippen LogP contribution in [0.5, 0.6) is 0 Å². The second-order valence-electron chi connectivity index (χ2n) is 5.04. The first-order chi connectivity index (χ1) is 11.2. The Morgan fingerprint density at radius 1 is 1.17 bits per heavy atom. The highest BCUT2D eigenvalue weighted by Crippen LogP contribution is 2.20. The monoisotopic (exact) mass is 349 g/mol. The van der Waals surface area contributed by atoms with Gasteiger partial charge in [0.05, 0.1) is 16.9 Å². The van der Waals surface area contributed by atoms with Crippen LogP contribution in [0.3, 0.4) is 0 Å². The lowest BCUT2D eigenvalue weighted by molar-refractivity contribution is -0.384. The number of anilines is 2. The predicted molar refractivity (Wildman–Crippen MR) is 90.7 cm³/mol. The minimum atomic E-state index is -3.45. The number of nitro benzene ring substituents is 1. The molecule has 0 heterocycles. The van der Waals surface area contributed by atoms with E-state index in [1.54, 1.807) is 12.1 Å². The number of carbonyl (C=O) groups excluding carboxylic acids is 1. The van der Waals surface area contributed by atoms with Crippen LogP contribution in [0.15, 0.2) is 48.5 Å². The third-order valence-electron chi connectivity index (χ3n) is 3.28. The molecule has 0 atom stereocenters. The highest BCUT2D eigenvalue weighted by Gasteiger charge is 2.15. The van der Waals surface area contributed by atoms with Crippen molar-refractivity contribution in [1.29, 1.82) is 0 Å². The van der Waals surface area contributed by atoms with E-state index in [0.717, 1.165) is 10.6 Å². The van der Waals surface area contributed by atoms with E-state index in [-0.39, 0.29) is 16.9 Å². The van der Waals surface area contributed by atoms with Gasteiger partial charge < -0.3 is 5.32 Å². The van der Waals surface area contributed by atoms with Crippen molar-refractivity contribution in [2.75, 3.05) is 22.9 Å². The molecule has 1 amide bonds. The summed E-state index contributed by atoms with van der Waals surface area (Å²) in [5, 5.41) is 13.3. The molecule has 24 heavy (non-hydrogen) atoms. The Hall–Kier alpha value is -2.94. The van der Waals surface area contributed by atoms with Gasteiger partial charge in [-0.1, -0.05) is 12.1 Å². The number of nitro groups is 1. The van der Waals surface area contributed by atoms with E-state index < -0.39 is 20.9 Å². The van der Waals surface area contributed by atoms with E-state index in [0.29, 0.717) is 5.69 Å². The maximum absolute atomic E-state index is 12.3. The lowest BCUT2D eigenvalue weighted by atomic mass is 10.2. The van der Waals surface area contributed by atoms with Crippen molar-refractivity contribution in [2.24, 2.45) is 0 Å². The highest BCUT2D eigenvalue weighted by molar-refractivity contribution is 7.92. The number of non-ortho nitro benzene ring substituents is 1. The number of benzene rings is 2. The quantitative estimate of drug-likeness (QED) is 0.657. The second-order valence-corrected chi connectivity index (χ2v) is 7.06. The van der Waals surface area contributed by atoms with Gasteiger partial charge in [0.2, 0.25) is 10.0 Å². The van der Waals surface area contributed by atoms with Crippen molar-refractivity contribution in [3.05, 3.63) is 64.2 Å². The first-order valence-electron chi connectivity index (χ1n) is 6.78. The molecule has 8 nitrogen and oxygen atoms in total. The van der Waals surface area contributed by atoms with Crippen LogP contribution in [-0.2, 0) is 10.0 Å². The zero-order chi connectivity index (χ0) is 17.9. The normalized spacial score (nSPS) is 10.9. The van der Waals surface area contributed by atoms with E-state index in [9.17, 15) is 23.3 Å². The van der Waals surface area contributed by atoms with Gasteiger partial charge in [-0.25, -0.2) is 8.42 Å². The molecule has 0 aliphatic heterocycles. The third kappa shape index (κ3) is 4.07. The van der Waals surface area contributed by atoms with Crippen molar-refractivity contribution in [3.8, 4) is 0 Å². The minimum absolute atomic E-state index is 0.140. The average molecular weight is 349 g/mol. The largest absolute Gasteiger partial charge is 0.322 e. The lowest BCUT2D eigenvalue weighted by Gasteiger charge is -2.17. The first-order valence-corrected chi connectivity index (χ1v) is 8.63. The van der Waals surface area contributed by atoms with Crippen molar-refractivity contribution in [1.82, 2.24) is 0 Å². The van der Waals surface area contributed by atoms with Crippen LogP contribution in [0.25, 0.3) is 0 Å². The van der Waals surface area contributed by atoms with Crippen LogP contribution in [0.2, 0.25) is 0 Å². The Bertz CT molecular complexity index is 895. The van der Waals surface area contributed by atoms with Crippen LogP contribution in [-0.4, -0.2) is 32.6 Å². The number of rotatable bonds is 5. The summed E-state index contributed by atoms with van der Waals surface area (Å²) in [6.07, 6.45) is 1.06. The van der Waals surface area contributed by atoms with Gasteiger partial charge >= 0.3 is 0 Å². The van der Waals surface area contributed by atoms with Crippen LogP contribution in [0, 0.1) is 10.1 Å². The van der Waals surface area contributed by atoms with Crippen molar-refractivity contribution < 1.29 is 18.1 Å². The summed E-state index contributed by atoms with van der Waals surface area (Å²) in [6, 6.07) is 11.6. The summed E-state index contributed by atoms with van der Waals surface area (Å²) in [6.45, 7) is 0. The second kappa shape index (κ2) is 6.67. The molecule has 1 N–H and O–H groups in total. The molecule has 2 aromatic carbocycles. The number of hydrogen-bond acceptors (Lipinski definition) is 5. The maximum Gasteiger partial charge on any atom is 0.271 e. The number of nitrogens with one attached hydrogen (secondary N) is 1. The van der Waals surface area contributed by atoms with E-state index in [2.05, 4.69) is 5.32 Å². The molecule has 0 radical (unpaired) electrons. The van der Waals surface area contributed by atoms with Gasteiger partial charge in [-0.15, -0.1) is 0 Å². The zero-order valence-corrected chi connectivity index (χ0v) is 13.8. The van der Waals surface area contributed by atoms with Gasteiger partial charge in [-0.3, -0.25) is 19.2 Å². The van der Waals surface area contributed by atoms with Crippen LogP contribution in [0.4, 0.5) is 17.1 Å². The molecule has 2 aromatic rings. The first kappa shape index (κ1) is 17.4. The Labute approximate surface area is 138 Å². The summed E-state index contributed by atoms with van der Waals surface area (Å²) >= 11 is 0. The maximum atomic E-state index is 12.3. The molecular formula is C15H15N3O5S. The number of amides is 1. The Morgan fingerprint density at radius 2 is 1.83 bits per heavy atom. The van der Waals surface area contributed by atoms with Gasteiger partial charge in [-0.2, -0.15) is 0 Å². The van der Waals surface area contributed by atoms with Crippen molar-refractivity contribution in [2.45, 2.75) is 0 Å². The molecule has 0 aliphatic rings.